The maximum atomic E-state index is 9.61. The minimum atomic E-state index is -0.666. The first-order valence-corrected chi connectivity index (χ1v) is 7.50. The van der Waals surface area contributed by atoms with Crippen LogP contribution >= 0.6 is 0 Å². The molecule has 2 aromatic rings. The highest BCUT2D eigenvalue weighted by Gasteiger charge is 2.15. The molecule has 0 aromatic heterocycles. The molecule has 0 radical (unpaired) electrons. The van der Waals surface area contributed by atoms with Crippen molar-refractivity contribution in [1.82, 2.24) is 4.90 Å². The van der Waals surface area contributed by atoms with Gasteiger partial charge in [-0.2, -0.15) is 0 Å². The third kappa shape index (κ3) is 4.84. The van der Waals surface area contributed by atoms with Gasteiger partial charge < -0.3 is 14.9 Å². The smallest absolute Gasteiger partial charge is 0.127 e. The highest BCUT2D eigenvalue weighted by Crippen LogP contribution is 2.21. The minimum Gasteiger partial charge on any atom is -0.457 e. The maximum Gasteiger partial charge on any atom is 0.127 e. The van der Waals surface area contributed by atoms with Crippen LogP contribution in [0.3, 0.4) is 0 Å². The summed E-state index contributed by atoms with van der Waals surface area (Å²) in [4.78, 5) is 1.63. The Hall–Kier alpha value is -1.88. The van der Waals surface area contributed by atoms with E-state index in [0.29, 0.717) is 6.54 Å². The van der Waals surface area contributed by atoms with Crippen LogP contribution in [0.25, 0.3) is 0 Å². The predicted molar refractivity (Wildman–Crippen MR) is 86.7 cm³/mol. The first-order valence-electron chi connectivity index (χ1n) is 7.50. The SMILES string of the molecule is CC(O)N(CCc1ccc(Oc2ccccc2)cc1)C(C)O. The lowest BCUT2D eigenvalue weighted by atomic mass is 10.1. The Balaban J connectivity index is 1.92. The van der Waals surface area contributed by atoms with Gasteiger partial charge >= 0.3 is 0 Å². The molecule has 0 fully saturated rings. The maximum absolute atomic E-state index is 9.61. The summed E-state index contributed by atoms with van der Waals surface area (Å²) in [5.41, 5.74) is 1.13. The van der Waals surface area contributed by atoms with Crippen molar-refractivity contribution in [3.8, 4) is 11.5 Å². The van der Waals surface area contributed by atoms with Gasteiger partial charge in [-0.25, -0.2) is 0 Å². The number of aliphatic hydroxyl groups is 2. The van der Waals surface area contributed by atoms with E-state index in [4.69, 9.17) is 4.74 Å². The average molecular weight is 301 g/mol. The molecule has 4 heteroatoms. The topological polar surface area (TPSA) is 52.9 Å². The number of nitrogens with zero attached hydrogens (tertiary/aromatic N) is 1. The number of ether oxygens (including phenoxy) is 1. The molecule has 2 rings (SSSR count). The molecule has 0 amide bonds. The van der Waals surface area contributed by atoms with Crippen LogP contribution in [0.5, 0.6) is 11.5 Å². The van der Waals surface area contributed by atoms with E-state index in [1.165, 1.54) is 0 Å². The summed E-state index contributed by atoms with van der Waals surface area (Å²) >= 11 is 0. The van der Waals surface area contributed by atoms with Crippen molar-refractivity contribution < 1.29 is 14.9 Å². The molecule has 0 aliphatic heterocycles. The second kappa shape index (κ2) is 7.94. The average Bonchev–Trinajstić information content (AvgIpc) is 2.49. The van der Waals surface area contributed by atoms with E-state index in [0.717, 1.165) is 23.5 Å². The molecule has 0 spiro atoms. The molecule has 118 valence electrons. The summed E-state index contributed by atoms with van der Waals surface area (Å²) in [6.45, 7) is 3.90. The van der Waals surface area contributed by atoms with Gasteiger partial charge in [0.1, 0.15) is 24.0 Å². The highest BCUT2D eigenvalue weighted by molar-refractivity contribution is 5.33. The molecule has 2 unspecified atom stereocenters. The lowest BCUT2D eigenvalue weighted by Gasteiger charge is -2.27. The molecular formula is C18H23NO3. The summed E-state index contributed by atoms with van der Waals surface area (Å²) in [6, 6.07) is 17.5. The fraction of sp³-hybridized carbons (Fsp3) is 0.333. The van der Waals surface area contributed by atoms with Gasteiger partial charge in [0, 0.05) is 6.54 Å². The van der Waals surface area contributed by atoms with Gasteiger partial charge in [-0.3, -0.25) is 4.90 Å². The fourth-order valence-electron chi connectivity index (χ4n) is 2.29. The van der Waals surface area contributed by atoms with E-state index in [9.17, 15) is 10.2 Å². The van der Waals surface area contributed by atoms with Crippen molar-refractivity contribution in [3.05, 3.63) is 60.2 Å². The number of hydrogen-bond acceptors (Lipinski definition) is 4. The zero-order valence-electron chi connectivity index (χ0n) is 13.0. The van der Waals surface area contributed by atoms with Gasteiger partial charge in [0.25, 0.3) is 0 Å². The van der Waals surface area contributed by atoms with Gasteiger partial charge in [0.05, 0.1) is 0 Å². The molecule has 22 heavy (non-hydrogen) atoms. The molecule has 0 bridgehead atoms. The van der Waals surface area contributed by atoms with Crippen LogP contribution in [0.1, 0.15) is 19.4 Å². The molecule has 0 aliphatic carbocycles. The van der Waals surface area contributed by atoms with Crippen LogP contribution in [-0.2, 0) is 6.42 Å². The zero-order valence-corrected chi connectivity index (χ0v) is 13.0. The molecule has 2 atom stereocenters. The number of rotatable bonds is 7. The fourth-order valence-corrected chi connectivity index (χ4v) is 2.29. The van der Waals surface area contributed by atoms with E-state index in [2.05, 4.69) is 0 Å². The Labute approximate surface area is 131 Å². The second-order valence-corrected chi connectivity index (χ2v) is 5.31. The predicted octanol–water partition coefficient (Wildman–Crippen LogP) is 3.00. The molecule has 0 aliphatic rings. The standard InChI is InChI=1S/C18H23NO3/c1-14(20)19(15(2)21)13-12-16-8-10-18(11-9-16)22-17-6-4-3-5-7-17/h3-11,14-15,20-21H,12-13H2,1-2H3. The molecule has 4 nitrogen and oxygen atoms in total. The first-order chi connectivity index (χ1) is 10.6. The largest absolute Gasteiger partial charge is 0.457 e. The minimum absolute atomic E-state index is 0.591. The Morgan fingerprint density at radius 1 is 0.864 bits per heavy atom. The van der Waals surface area contributed by atoms with Crippen molar-refractivity contribution in [3.63, 3.8) is 0 Å². The van der Waals surface area contributed by atoms with E-state index < -0.39 is 12.5 Å². The molecule has 0 saturated heterocycles. The van der Waals surface area contributed by atoms with Gasteiger partial charge in [0.2, 0.25) is 0 Å². The summed E-state index contributed by atoms with van der Waals surface area (Å²) < 4.78 is 5.74. The van der Waals surface area contributed by atoms with Crippen LogP contribution in [0.2, 0.25) is 0 Å². The van der Waals surface area contributed by atoms with Gasteiger partial charge in [-0.15, -0.1) is 0 Å². The van der Waals surface area contributed by atoms with Crippen LogP contribution in [0.15, 0.2) is 54.6 Å². The summed E-state index contributed by atoms with van der Waals surface area (Å²) in [5, 5.41) is 19.2. The Kier molecular flexibility index (Phi) is 5.95. The Bertz CT molecular complexity index is 544. The third-order valence-electron chi connectivity index (χ3n) is 3.52. The summed E-state index contributed by atoms with van der Waals surface area (Å²) in [5.74, 6) is 1.60. The lowest BCUT2D eigenvalue weighted by molar-refractivity contribution is -0.0831. The quantitative estimate of drug-likeness (QED) is 0.772. The number of benzene rings is 2. The lowest BCUT2D eigenvalue weighted by Crippen LogP contribution is -2.41. The van der Waals surface area contributed by atoms with E-state index in [1.54, 1.807) is 18.7 Å². The van der Waals surface area contributed by atoms with Gasteiger partial charge in [0.15, 0.2) is 0 Å². The van der Waals surface area contributed by atoms with E-state index in [1.807, 2.05) is 54.6 Å². The number of hydrogen-bond donors (Lipinski definition) is 2. The van der Waals surface area contributed by atoms with Crippen molar-refractivity contribution in [2.75, 3.05) is 6.54 Å². The molecule has 0 saturated carbocycles. The van der Waals surface area contributed by atoms with Crippen LogP contribution < -0.4 is 4.74 Å². The van der Waals surface area contributed by atoms with Gasteiger partial charge in [-0.1, -0.05) is 30.3 Å². The van der Waals surface area contributed by atoms with Crippen LogP contribution in [-0.4, -0.2) is 34.1 Å². The van der Waals surface area contributed by atoms with Crippen LogP contribution in [0, 0.1) is 0 Å². The number of para-hydroxylation sites is 1. The van der Waals surface area contributed by atoms with Gasteiger partial charge in [-0.05, 0) is 50.1 Å². The third-order valence-corrected chi connectivity index (χ3v) is 3.52. The normalized spacial score (nSPS) is 13.9. The first kappa shape index (κ1) is 16.5. The zero-order chi connectivity index (χ0) is 15.9. The second-order valence-electron chi connectivity index (χ2n) is 5.31. The Morgan fingerprint density at radius 2 is 1.41 bits per heavy atom. The molecule has 2 N–H and O–H groups in total. The monoisotopic (exact) mass is 301 g/mol. The van der Waals surface area contributed by atoms with Crippen molar-refractivity contribution >= 4 is 0 Å². The van der Waals surface area contributed by atoms with Crippen molar-refractivity contribution in [2.45, 2.75) is 32.7 Å². The summed E-state index contributed by atoms with van der Waals surface area (Å²) in [6.07, 6.45) is -0.581. The van der Waals surface area contributed by atoms with E-state index in [-0.39, 0.29) is 0 Å². The molecule has 2 aromatic carbocycles. The highest BCUT2D eigenvalue weighted by atomic mass is 16.5. The Morgan fingerprint density at radius 3 is 1.95 bits per heavy atom. The molecular weight excluding hydrogens is 278 g/mol. The van der Waals surface area contributed by atoms with Crippen molar-refractivity contribution in [1.29, 1.82) is 0 Å². The van der Waals surface area contributed by atoms with Crippen LogP contribution in [0.4, 0.5) is 0 Å². The van der Waals surface area contributed by atoms with Crippen molar-refractivity contribution in [2.24, 2.45) is 0 Å². The summed E-state index contributed by atoms with van der Waals surface area (Å²) in [7, 11) is 0. The van der Waals surface area contributed by atoms with E-state index >= 15 is 0 Å². The number of aliphatic hydroxyl groups excluding tert-OH is 2. The molecule has 0 heterocycles.